The first-order valence-electron chi connectivity index (χ1n) is 5.52. The number of benzene rings is 1. The van der Waals surface area contributed by atoms with E-state index in [1.54, 1.807) is 11.3 Å². The normalized spacial score (nSPS) is 10.9. The maximum absolute atomic E-state index is 2.30. The summed E-state index contributed by atoms with van der Waals surface area (Å²) in [7, 11) is 4.23. The summed E-state index contributed by atoms with van der Waals surface area (Å²) in [4.78, 5) is 2.22. The van der Waals surface area contributed by atoms with E-state index < -0.39 is 0 Å². The maximum Gasteiger partial charge on any atom is 0.00157 e. The second-order valence-corrected chi connectivity index (χ2v) is 5.05. The molecule has 1 nitrogen and oxygen atoms in total. The van der Waals surface area contributed by atoms with E-state index in [0.29, 0.717) is 0 Å². The molecule has 16 heavy (non-hydrogen) atoms. The number of hydrogen-bond acceptors (Lipinski definition) is 2. The molecule has 0 aliphatic heterocycles. The first kappa shape index (κ1) is 11.4. The van der Waals surface area contributed by atoms with Crippen molar-refractivity contribution in [3.63, 3.8) is 0 Å². The molecule has 1 heterocycles. The molecule has 0 amide bonds. The Morgan fingerprint density at radius 2 is 2.00 bits per heavy atom. The van der Waals surface area contributed by atoms with Gasteiger partial charge < -0.3 is 4.90 Å². The van der Waals surface area contributed by atoms with Gasteiger partial charge in [-0.1, -0.05) is 24.3 Å². The van der Waals surface area contributed by atoms with E-state index >= 15 is 0 Å². The van der Waals surface area contributed by atoms with Gasteiger partial charge in [0.25, 0.3) is 0 Å². The van der Waals surface area contributed by atoms with Crippen molar-refractivity contribution in [1.29, 1.82) is 0 Å². The predicted molar refractivity (Wildman–Crippen MR) is 72.0 cm³/mol. The minimum absolute atomic E-state index is 1.10. The SMILES string of the molecule is CN(C)CCc1cccc(-c2ccsc2)c1. The second kappa shape index (κ2) is 5.28. The smallest absolute Gasteiger partial charge is 0.00157 e. The third kappa shape index (κ3) is 2.94. The summed E-state index contributed by atoms with van der Waals surface area (Å²) in [5.41, 5.74) is 4.08. The molecule has 0 saturated carbocycles. The monoisotopic (exact) mass is 231 g/mol. The molecule has 2 aromatic rings. The van der Waals surface area contributed by atoms with Crippen molar-refractivity contribution in [1.82, 2.24) is 4.90 Å². The number of rotatable bonds is 4. The van der Waals surface area contributed by atoms with Crippen LogP contribution in [0.5, 0.6) is 0 Å². The summed E-state index contributed by atoms with van der Waals surface area (Å²) in [6.45, 7) is 1.10. The highest BCUT2D eigenvalue weighted by Crippen LogP contribution is 2.22. The van der Waals surface area contributed by atoms with Crippen molar-refractivity contribution in [2.75, 3.05) is 20.6 Å². The lowest BCUT2D eigenvalue weighted by Gasteiger charge is -2.09. The topological polar surface area (TPSA) is 3.24 Å². The Bertz CT molecular complexity index is 432. The van der Waals surface area contributed by atoms with E-state index in [0.717, 1.165) is 13.0 Å². The van der Waals surface area contributed by atoms with Crippen LogP contribution in [-0.2, 0) is 6.42 Å². The molecule has 0 aliphatic rings. The Morgan fingerprint density at radius 1 is 1.12 bits per heavy atom. The van der Waals surface area contributed by atoms with Crippen LogP contribution in [0.1, 0.15) is 5.56 Å². The van der Waals surface area contributed by atoms with Crippen molar-refractivity contribution in [3.8, 4) is 11.1 Å². The van der Waals surface area contributed by atoms with Crippen LogP contribution in [0.15, 0.2) is 41.1 Å². The third-order valence-electron chi connectivity index (χ3n) is 2.63. The average Bonchev–Trinajstić information content (AvgIpc) is 2.80. The largest absolute Gasteiger partial charge is 0.309 e. The van der Waals surface area contributed by atoms with Gasteiger partial charge in [0, 0.05) is 6.54 Å². The molecule has 1 aromatic carbocycles. The Kier molecular flexibility index (Phi) is 3.75. The molecule has 0 spiro atoms. The lowest BCUT2D eigenvalue weighted by Crippen LogP contribution is -2.14. The van der Waals surface area contributed by atoms with Crippen LogP contribution >= 0.6 is 11.3 Å². The summed E-state index contributed by atoms with van der Waals surface area (Å²) in [5.74, 6) is 0. The van der Waals surface area contributed by atoms with E-state index in [1.165, 1.54) is 16.7 Å². The first-order chi connectivity index (χ1) is 7.75. The quantitative estimate of drug-likeness (QED) is 0.778. The number of hydrogen-bond donors (Lipinski definition) is 0. The van der Waals surface area contributed by atoms with Crippen LogP contribution in [0.3, 0.4) is 0 Å². The molecule has 2 heteroatoms. The Labute approximate surface area is 101 Å². The highest BCUT2D eigenvalue weighted by molar-refractivity contribution is 7.08. The van der Waals surface area contributed by atoms with Gasteiger partial charge >= 0.3 is 0 Å². The van der Waals surface area contributed by atoms with E-state index in [2.05, 4.69) is 60.1 Å². The summed E-state index contributed by atoms with van der Waals surface area (Å²) >= 11 is 1.75. The highest BCUT2D eigenvalue weighted by atomic mass is 32.1. The molecular formula is C14H17NS. The fourth-order valence-corrected chi connectivity index (χ4v) is 2.35. The summed E-state index contributed by atoms with van der Waals surface area (Å²) in [6, 6.07) is 11.0. The zero-order valence-corrected chi connectivity index (χ0v) is 10.6. The molecule has 0 atom stereocenters. The van der Waals surface area contributed by atoms with Crippen LogP contribution in [0.4, 0.5) is 0 Å². The van der Waals surface area contributed by atoms with Crippen molar-refractivity contribution < 1.29 is 0 Å². The molecule has 0 radical (unpaired) electrons. The van der Waals surface area contributed by atoms with Gasteiger partial charge in [-0.25, -0.2) is 0 Å². The van der Waals surface area contributed by atoms with E-state index in [4.69, 9.17) is 0 Å². The van der Waals surface area contributed by atoms with Crippen LogP contribution in [0, 0.1) is 0 Å². The van der Waals surface area contributed by atoms with Gasteiger partial charge in [0.05, 0.1) is 0 Å². The molecule has 1 aromatic heterocycles. The van der Waals surface area contributed by atoms with Crippen LogP contribution in [0.25, 0.3) is 11.1 Å². The lowest BCUT2D eigenvalue weighted by atomic mass is 10.0. The standard InChI is InChI=1S/C14H17NS/c1-15(2)8-6-12-4-3-5-13(10-12)14-7-9-16-11-14/h3-5,7,9-11H,6,8H2,1-2H3. The zero-order chi connectivity index (χ0) is 11.4. The number of thiophene rings is 1. The van der Waals surface area contributed by atoms with Crippen molar-refractivity contribution in [2.24, 2.45) is 0 Å². The maximum atomic E-state index is 2.30. The molecule has 0 aliphatic carbocycles. The fourth-order valence-electron chi connectivity index (χ4n) is 1.69. The van der Waals surface area contributed by atoms with Crippen molar-refractivity contribution >= 4 is 11.3 Å². The van der Waals surface area contributed by atoms with Gasteiger partial charge in [-0.15, -0.1) is 0 Å². The average molecular weight is 231 g/mol. The van der Waals surface area contributed by atoms with Gasteiger partial charge in [-0.05, 0) is 54.0 Å². The van der Waals surface area contributed by atoms with E-state index in [-0.39, 0.29) is 0 Å². The molecular weight excluding hydrogens is 214 g/mol. The molecule has 0 fully saturated rings. The first-order valence-corrected chi connectivity index (χ1v) is 6.46. The zero-order valence-electron chi connectivity index (χ0n) is 9.81. The summed E-state index contributed by atoms with van der Waals surface area (Å²) in [5, 5.41) is 4.33. The minimum atomic E-state index is 1.10. The van der Waals surface area contributed by atoms with Crippen molar-refractivity contribution in [3.05, 3.63) is 46.7 Å². The third-order valence-corrected chi connectivity index (χ3v) is 3.31. The lowest BCUT2D eigenvalue weighted by molar-refractivity contribution is 0.413. The molecule has 0 saturated heterocycles. The van der Waals surface area contributed by atoms with Crippen LogP contribution in [-0.4, -0.2) is 25.5 Å². The van der Waals surface area contributed by atoms with Gasteiger partial charge in [-0.2, -0.15) is 11.3 Å². The van der Waals surface area contributed by atoms with E-state index in [9.17, 15) is 0 Å². The summed E-state index contributed by atoms with van der Waals surface area (Å²) < 4.78 is 0. The van der Waals surface area contributed by atoms with Gasteiger partial charge in [0.1, 0.15) is 0 Å². The predicted octanol–water partition coefficient (Wildman–Crippen LogP) is 3.52. The number of likely N-dealkylation sites (N-methyl/N-ethyl adjacent to an activating group) is 1. The molecule has 2 rings (SSSR count). The highest BCUT2D eigenvalue weighted by Gasteiger charge is 2.00. The number of nitrogens with zero attached hydrogens (tertiary/aromatic N) is 1. The molecule has 0 unspecified atom stereocenters. The Balaban J connectivity index is 2.14. The van der Waals surface area contributed by atoms with Gasteiger partial charge in [0.15, 0.2) is 0 Å². The second-order valence-electron chi connectivity index (χ2n) is 4.27. The molecule has 84 valence electrons. The van der Waals surface area contributed by atoms with Gasteiger partial charge in [0.2, 0.25) is 0 Å². The van der Waals surface area contributed by atoms with Crippen LogP contribution in [0.2, 0.25) is 0 Å². The summed E-state index contributed by atoms with van der Waals surface area (Å²) in [6.07, 6.45) is 1.12. The van der Waals surface area contributed by atoms with Gasteiger partial charge in [-0.3, -0.25) is 0 Å². The Morgan fingerprint density at radius 3 is 2.69 bits per heavy atom. The van der Waals surface area contributed by atoms with Crippen LogP contribution < -0.4 is 0 Å². The molecule has 0 N–H and O–H groups in total. The van der Waals surface area contributed by atoms with Crippen molar-refractivity contribution in [2.45, 2.75) is 6.42 Å². The van der Waals surface area contributed by atoms with E-state index in [1.807, 2.05) is 0 Å². The fraction of sp³-hybridized carbons (Fsp3) is 0.286. The Hall–Kier alpha value is -1.12. The molecule has 0 bridgehead atoms. The minimum Gasteiger partial charge on any atom is -0.309 e.